The molecule has 6 heteroatoms. The van der Waals surface area contributed by atoms with Crippen LogP contribution in [0.15, 0.2) is 36.7 Å². The van der Waals surface area contributed by atoms with Gasteiger partial charge in [-0.3, -0.25) is 4.68 Å². The second-order valence-corrected chi connectivity index (χ2v) is 7.07. The van der Waals surface area contributed by atoms with E-state index in [1.165, 1.54) is 12.1 Å². The summed E-state index contributed by atoms with van der Waals surface area (Å²) >= 11 is 0. The summed E-state index contributed by atoms with van der Waals surface area (Å²) in [6, 6.07) is 6.48. The second kappa shape index (κ2) is 5.46. The van der Waals surface area contributed by atoms with Crippen LogP contribution < -0.4 is 5.46 Å². The molecule has 0 spiro atoms. The van der Waals surface area contributed by atoms with Gasteiger partial charge in [0.25, 0.3) is 0 Å². The summed E-state index contributed by atoms with van der Waals surface area (Å²) in [5, 5.41) is 4.42. The van der Waals surface area contributed by atoms with Crippen molar-refractivity contribution in [1.82, 2.24) is 9.78 Å². The maximum Gasteiger partial charge on any atom is 0.498 e. The first-order valence-corrected chi connectivity index (χ1v) is 7.85. The third-order valence-electron chi connectivity index (χ3n) is 4.90. The molecule has 3 rings (SSSR count). The molecule has 0 bridgehead atoms. The van der Waals surface area contributed by atoms with Gasteiger partial charge in [-0.05, 0) is 52.3 Å². The third kappa shape index (κ3) is 2.93. The summed E-state index contributed by atoms with van der Waals surface area (Å²) in [6.07, 6.45) is 3.69. The van der Waals surface area contributed by atoms with Gasteiger partial charge in [-0.2, -0.15) is 5.10 Å². The van der Waals surface area contributed by atoms with E-state index in [1.54, 1.807) is 18.3 Å². The second-order valence-electron chi connectivity index (χ2n) is 7.07. The van der Waals surface area contributed by atoms with Crippen LogP contribution in [0.2, 0.25) is 0 Å². The molecule has 2 heterocycles. The highest BCUT2D eigenvalue weighted by molar-refractivity contribution is 6.62. The molecule has 4 nitrogen and oxygen atoms in total. The van der Waals surface area contributed by atoms with E-state index in [4.69, 9.17) is 9.31 Å². The number of benzene rings is 1. The molecule has 2 aromatic rings. The van der Waals surface area contributed by atoms with Crippen LogP contribution in [0.3, 0.4) is 0 Å². The van der Waals surface area contributed by atoms with Gasteiger partial charge in [-0.1, -0.05) is 12.1 Å². The van der Waals surface area contributed by atoms with E-state index in [9.17, 15) is 4.39 Å². The van der Waals surface area contributed by atoms with Crippen molar-refractivity contribution in [2.75, 3.05) is 0 Å². The average molecular weight is 316 g/mol. The summed E-state index contributed by atoms with van der Waals surface area (Å²) in [4.78, 5) is 0. The predicted molar refractivity (Wildman–Crippen MR) is 88.2 cm³/mol. The monoisotopic (exact) mass is 316 g/mol. The zero-order valence-corrected chi connectivity index (χ0v) is 14.2. The quantitative estimate of drug-likeness (QED) is 0.817. The molecule has 0 saturated carbocycles. The lowest BCUT2D eigenvalue weighted by atomic mass is 9.82. The average Bonchev–Trinajstić information content (AvgIpc) is 3.02. The molecule has 1 atom stereocenters. The van der Waals surface area contributed by atoms with Crippen LogP contribution in [0.4, 0.5) is 4.39 Å². The van der Waals surface area contributed by atoms with Crippen molar-refractivity contribution in [3.05, 3.63) is 48.0 Å². The molecular weight excluding hydrogens is 294 g/mol. The summed E-state index contributed by atoms with van der Waals surface area (Å²) in [5.74, 6) is -0.237. The molecule has 0 N–H and O–H groups in total. The molecular formula is C17H22BFN2O2. The van der Waals surface area contributed by atoms with Gasteiger partial charge in [0, 0.05) is 17.9 Å². The maximum absolute atomic E-state index is 13.1. The summed E-state index contributed by atoms with van der Waals surface area (Å²) < 4.78 is 27.0. The van der Waals surface area contributed by atoms with Gasteiger partial charge in [-0.15, -0.1) is 0 Å². The summed E-state index contributed by atoms with van der Waals surface area (Å²) in [5.41, 5.74) is 1.14. The number of rotatable bonds is 3. The van der Waals surface area contributed by atoms with Crippen molar-refractivity contribution in [1.29, 1.82) is 0 Å². The van der Waals surface area contributed by atoms with E-state index >= 15 is 0 Å². The molecule has 1 aliphatic heterocycles. The zero-order chi connectivity index (χ0) is 16.8. The van der Waals surface area contributed by atoms with Crippen LogP contribution in [0.25, 0.3) is 0 Å². The molecule has 23 heavy (non-hydrogen) atoms. The zero-order valence-electron chi connectivity index (χ0n) is 14.2. The highest BCUT2D eigenvalue weighted by Crippen LogP contribution is 2.36. The van der Waals surface area contributed by atoms with E-state index in [2.05, 4.69) is 5.10 Å². The largest absolute Gasteiger partial charge is 0.498 e. The minimum Gasteiger partial charge on any atom is -0.399 e. The Bertz CT molecular complexity index is 681. The molecule has 1 aromatic carbocycles. The normalized spacial score (nSPS) is 20.7. The summed E-state index contributed by atoms with van der Waals surface area (Å²) in [7, 11) is -0.422. The van der Waals surface area contributed by atoms with Gasteiger partial charge in [0.05, 0.1) is 17.2 Å². The molecule has 0 unspecified atom stereocenters. The highest BCUT2D eigenvalue weighted by Gasteiger charge is 2.52. The number of halogens is 1. The molecule has 1 saturated heterocycles. The van der Waals surface area contributed by atoms with Crippen molar-refractivity contribution >= 4 is 12.6 Å². The van der Waals surface area contributed by atoms with E-state index in [0.717, 1.165) is 11.0 Å². The molecule has 1 aromatic heterocycles. The van der Waals surface area contributed by atoms with Gasteiger partial charge in [0.1, 0.15) is 5.82 Å². The molecule has 1 fully saturated rings. The van der Waals surface area contributed by atoms with Crippen LogP contribution in [-0.2, 0) is 9.31 Å². The Morgan fingerprint density at radius 3 is 2.22 bits per heavy atom. The van der Waals surface area contributed by atoms with Crippen molar-refractivity contribution in [2.45, 2.75) is 51.9 Å². The van der Waals surface area contributed by atoms with Gasteiger partial charge in [-0.25, -0.2) is 4.39 Å². The third-order valence-corrected chi connectivity index (χ3v) is 4.90. The topological polar surface area (TPSA) is 36.3 Å². The van der Waals surface area contributed by atoms with Crippen molar-refractivity contribution in [3.63, 3.8) is 0 Å². The van der Waals surface area contributed by atoms with Crippen LogP contribution in [0.1, 0.15) is 46.2 Å². The van der Waals surface area contributed by atoms with Gasteiger partial charge < -0.3 is 9.31 Å². The van der Waals surface area contributed by atoms with Gasteiger partial charge in [0.2, 0.25) is 0 Å². The van der Waals surface area contributed by atoms with E-state index in [0.29, 0.717) is 0 Å². The van der Waals surface area contributed by atoms with Gasteiger partial charge >= 0.3 is 7.12 Å². The van der Waals surface area contributed by atoms with E-state index in [-0.39, 0.29) is 23.1 Å². The Labute approximate surface area is 136 Å². The minimum absolute atomic E-state index is 0.00627. The fourth-order valence-corrected chi connectivity index (χ4v) is 2.56. The first-order chi connectivity index (χ1) is 10.7. The van der Waals surface area contributed by atoms with Gasteiger partial charge in [0.15, 0.2) is 0 Å². The Morgan fingerprint density at radius 1 is 1.09 bits per heavy atom. The number of aromatic nitrogens is 2. The first-order valence-electron chi connectivity index (χ1n) is 7.85. The molecule has 0 aliphatic carbocycles. The smallest absolute Gasteiger partial charge is 0.399 e. The lowest BCUT2D eigenvalue weighted by molar-refractivity contribution is 0.00578. The van der Waals surface area contributed by atoms with Crippen molar-refractivity contribution < 1.29 is 13.7 Å². The van der Waals surface area contributed by atoms with Crippen LogP contribution >= 0.6 is 0 Å². The molecule has 0 amide bonds. The Hall–Kier alpha value is -1.66. The minimum atomic E-state index is -0.422. The highest BCUT2D eigenvalue weighted by atomic mass is 19.1. The van der Waals surface area contributed by atoms with E-state index in [1.807, 2.05) is 45.5 Å². The molecule has 0 radical (unpaired) electrons. The summed E-state index contributed by atoms with van der Waals surface area (Å²) in [6.45, 7) is 10.1. The SMILES string of the molecule is C[C@H](c1ccc(F)cc1)n1cc(B2OC(C)(C)C(C)(C)O2)cn1. The Kier molecular flexibility index (Phi) is 3.85. The number of nitrogens with zero attached hydrogens (tertiary/aromatic N) is 2. The predicted octanol–water partition coefficient (Wildman–Crippen LogP) is 2.93. The number of hydrogen-bond acceptors (Lipinski definition) is 3. The lowest BCUT2D eigenvalue weighted by Crippen LogP contribution is -2.41. The first kappa shape index (κ1) is 16.2. The fraction of sp³-hybridized carbons (Fsp3) is 0.471. The van der Waals surface area contributed by atoms with E-state index < -0.39 is 7.12 Å². The number of hydrogen-bond donors (Lipinski definition) is 0. The van der Waals surface area contributed by atoms with Crippen molar-refractivity contribution in [2.24, 2.45) is 0 Å². The fourth-order valence-electron chi connectivity index (χ4n) is 2.56. The van der Waals surface area contributed by atoms with Crippen molar-refractivity contribution in [3.8, 4) is 0 Å². The molecule has 122 valence electrons. The van der Waals surface area contributed by atoms with Crippen LogP contribution in [0.5, 0.6) is 0 Å². The van der Waals surface area contributed by atoms with Crippen LogP contribution in [0, 0.1) is 5.82 Å². The Morgan fingerprint density at radius 2 is 1.65 bits per heavy atom. The lowest BCUT2D eigenvalue weighted by Gasteiger charge is -2.32. The molecule has 1 aliphatic rings. The maximum atomic E-state index is 13.1. The Balaban J connectivity index is 1.80. The standard InChI is InChI=1S/C17H22BFN2O2/c1-12(13-6-8-15(19)9-7-13)21-11-14(10-20-21)18-22-16(2,3)17(4,5)23-18/h6-12H,1-5H3/t12-/m1/s1. The van der Waals surface area contributed by atoms with Crippen LogP contribution in [-0.4, -0.2) is 28.1 Å².